The fourth-order valence-electron chi connectivity index (χ4n) is 1.84. The summed E-state index contributed by atoms with van der Waals surface area (Å²) >= 11 is 0. The van der Waals surface area contributed by atoms with E-state index in [-0.39, 0.29) is 18.6 Å². The summed E-state index contributed by atoms with van der Waals surface area (Å²) in [6.07, 6.45) is 4.78. The van der Waals surface area contributed by atoms with Crippen molar-refractivity contribution in [3.63, 3.8) is 0 Å². The van der Waals surface area contributed by atoms with Crippen LogP contribution in [0, 0.1) is 0 Å². The minimum atomic E-state index is -0.0460. The highest BCUT2D eigenvalue weighted by molar-refractivity contribution is 5.94. The Morgan fingerprint density at radius 2 is 2.57 bits per heavy atom. The zero-order valence-corrected chi connectivity index (χ0v) is 7.85. The predicted octanol–water partition coefficient (Wildman–Crippen LogP) is 0.876. The highest BCUT2D eigenvalue weighted by Crippen LogP contribution is 2.19. The van der Waals surface area contributed by atoms with E-state index < -0.39 is 0 Å². The summed E-state index contributed by atoms with van der Waals surface area (Å²) in [5.41, 5.74) is 0.561. The molecule has 1 N–H and O–H groups in total. The summed E-state index contributed by atoms with van der Waals surface area (Å²) in [6.45, 7) is 0.777. The van der Waals surface area contributed by atoms with Gasteiger partial charge in [-0.2, -0.15) is 0 Å². The molecule has 1 fully saturated rings. The highest BCUT2D eigenvalue weighted by Gasteiger charge is 2.28. The number of likely N-dealkylation sites (tertiary alicyclic amines) is 1. The molecule has 2 heterocycles. The first-order valence-corrected chi connectivity index (χ1v) is 4.77. The normalized spacial score (nSPS) is 21.5. The van der Waals surface area contributed by atoms with Crippen molar-refractivity contribution >= 4 is 5.91 Å². The Hall–Kier alpha value is -1.29. The lowest BCUT2D eigenvalue weighted by Gasteiger charge is -2.22. The number of carbonyl (C=O) groups is 1. The van der Waals surface area contributed by atoms with Crippen molar-refractivity contribution in [3.05, 3.63) is 24.2 Å². The number of nitrogens with zero attached hydrogens (tertiary/aromatic N) is 1. The van der Waals surface area contributed by atoms with Gasteiger partial charge in [0.25, 0.3) is 5.91 Å². The van der Waals surface area contributed by atoms with Gasteiger partial charge in [0.1, 0.15) is 6.26 Å². The smallest absolute Gasteiger partial charge is 0.257 e. The second-order valence-corrected chi connectivity index (χ2v) is 3.49. The van der Waals surface area contributed by atoms with Gasteiger partial charge in [0.2, 0.25) is 0 Å². The van der Waals surface area contributed by atoms with Crippen molar-refractivity contribution in [1.82, 2.24) is 4.90 Å². The van der Waals surface area contributed by atoms with Crippen LogP contribution in [-0.4, -0.2) is 35.1 Å². The first kappa shape index (κ1) is 9.27. The maximum absolute atomic E-state index is 11.8. The number of furan rings is 1. The van der Waals surface area contributed by atoms with Crippen LogP contribution < -0.4 is 0 Å². The first-order chi connectivity index (χ1) is 6.83. The van der Waals surface area contributed by atoms with Crippen LogP contribution in [0.15, 0.2) is 23.0 Å². The number of hydrogen-bond acceptors (Lipinski definition) is 3. The van der Waals surface area contributed by atoms with Gasteiger partial charge in [-0.05, 0) is 18.9 Å². The minimum Gasteiger partial charge on any atom is -0.472 e. The topological polar surface area (TPSA) is 53.7 Å². The molecule has 4 heteroatoms. The Morgan fingerprint density at radius 3 is 3.21 bits per heavy atom. The van der Waals surface area contributed by atoms with E-state index in [1.807, 2.05) is 0 Å². The average Bonchev–Trinajstić information content (AvgIpc) is 2.87. The lowest BCUT2D eigenvalue weighted by molar-refractivity contribution is 0.0677. The lowest BCUT2D eigenvalue weighted by atomic mass is 10.2. The molecule has 0 radical (unpaired) electrons. The van der Waals surface area contributed by atoms with Gasteiger partial charge in [-0.25, -0.2) is 0 Å². The van der Waals surface area contributed by atoms with Crippen molar-refractivity contribution in [2.24, 2.45) is 0 Å². The third-order valence-corrected chi connectivity index (χ3v) is 2.62. The third kappa shape index (κ3) is 1.53. The molecule has 0 saturated carbocycles. The largest absolute Gasteiger partial charge is 0.472 e. The molecular weight excluding hydrogens is 182 g/mol. The summed E-state index contributed by atoms with van der Waals surface area (Å²) in [4.78, 5) is 13.5. The number of carbonyl (C=O) groups excluding carboxylic acids is 1. The van der Waals surface area contributed by atoms with E-state index in [1.54, 1.807) is 11.0 Å². The maximum atomic E-state index is 11.8. The van der Waals surface area contributed by atoms with Gasteiger partial charge in [0, 0.05) is 6.54 Å². The van der Waals surface area contributed by atoms with Crippen LogP contribution >= 0.6 is 0 Å². The second kappa shape index (κ2) is 3.84. The van der Waals surface area contributed by atoms with Crippen LogP contribution in [0.25, 0.3) is 0 Å². The van der Waals surface area contributed by atoms with Gasteiger partial charge >= 0.3 is 0 Å². The molecular formula is C10H13NO3. The van der Waals surface area contributed by atoms with Crippen LogP contribution in [0.5, 0.6) is 0 Å². The molecule has 1 aliphatic rings. The lowest BCUT2D eigenvalue weighted by Crippen LogP contribution is -2.37. The third-order valence-electron chi connectivity index (χ3n) is 2.62. The molecule has 1 aromatic rings. The molecule has 4 nitrogen and oxygen atoms in total. The Balaban J connectivity index is 2.11. The molecule has 76 valence electrons. The number of aliphatic hydroxyl groups is 1. The molecule has 0 bridgehead atoms. The quantitative estimate of drug-likeness (QED) is 0.762. The van der Waals surface area contributed by atoms with Crippen molar-refractivity contribution in [2.75, 3.05) is 13.2 Å². The van der Waals surface area contributed by atoms with Gasteiger partial charge in [-0.3, -0.25) is 4.79 Å². The van der Waals surface area contributed by atoms with Gasteiger partial charge < -0.3 is 14.4 Å². The van der Waals surface area contributed by atoms with Gasteiger partial charge in [-0.1, -0.05) is 0 Å². The molecule has 1 amide bonds. The zero-order valence-electron chi connectivity index (χ0n) is 7.85. The number of aliphatic hydroxyl groups excluding tert-OH is 1. The fourth-order valence-corrected chi connectivity index (χ4v) is 1.84. The summed E-state index contributed by atoms with van der Waals surface area (Å²) in [5.74, 6) is -0.0460. The van der Waals surface area contributed by atoms with Gasteiger partial charge in [-0.15, -0.1) is 0 Å². The molecule has 0 aliphatic carbocycles. The Morgan fingerprint density at radius 1 is 1.71 bits per heavy atom. The zero-order chi connectivity index (χ0) is 9.97. The summed E-state index contributed by atoms with van der Waals surface area (Å²) in [7, 11) is 0. The maximum Gasteiger partial charge on any atom is 0.257 e. The first-order valence-electron chi connectivity index (χ1n) is 4.77. The van der Waals surface area contributed by atoms with Crippen molar-refractivity contribution in [1.29, 1.82) is 0 Å². The van der Waals surface area contributed by atoms with Gasteiger partial charge in [0.05, 0.1) is 24.5 Å². The summed E-state index contributed by atoms with van der Waals surface area (Å²) in [6, 6.07) is 1.63. The van der Waals surface area contributed by atoms with Gasteiger partial charge in [0.15, 0.2) is 0 Å². The predicted molar refractivity (Wildman–Crippen MR) is 49.9 cm³/mol. The van der Waals surface area contributed by atoms with E-state index in [0.29, 0.717) is 5.56 Å². The molecule has 1 atom stereocenters. The molecule has 2 rings (SSSR count). The van der Waals surface area contributed by atoms with Crippen molar-refractivity contribution < 1.29 is 14.3 Å². The standard InChI is InChI=1S/C10H13NO3/c12-6-9-2-1-4-11(9)10(13)8-3-5-14-7-8/h3,5,7,9,12H,1-2,4,6H2/t9-/m0/s1. The van der Waals surface area contributed by atoms with Crippen LogP contribution in [0.3, 0.4) is 0 Å². The van der Waals surface area contributed by atoms with E-state index in [1.165, 1.54) is 12.5 Å². The fraction of sp³-hybridized carbons (Fsp3) is 0.500. The van der Waals surface area contributed by atoms with Crippen LogP contribution in [0.2, 0.25) is 0 Å². The molecule has 1 aromatic heterocycles. The van der Waals surface area contributed by atoms with E-state index in [9.17, 15) is 4.79 Å². The van der Waals surface area contributed by atoms with Crippen LogP contribution in [0.4, 0.5) is 0 Å². The minimum absolute atomic E-state index is 0.0163. The van der Waals surface area contributed by atoms with Crippen molar-refractivity contribution in [3.8, 4) is 0 Å². The molecule has 1 saturated heterocycles. The summed E-state index contributed by atoms with van der Waals surface area (Å²) < 4.78 is 4.85. The van der Waals surface area contributed by atoms with E-state index >= 15 is 0 Å². The highest BCUT2D eigenvalue weighted by atomic mass is 16.3. The Bertz CT molecular complexity index is 307. The molecule has 0 aromatic carbocycles. The van der Waals surface area contributed by atoms with Crippen molar-refractivity contribution in [2.45, 2.75) is 18.9 Å². The molecule has 1 aliphatic heterocycles. The second-order valence-electron chi connectivity index (χ2n) is 3.49. The molecule has 0 unspecified atom stereocenters. The molecule has 0 spiro atoms. The van der Waals surface area contributed by atoms with Crippen LogP contribution in [-0.2, 0) is 0 Å². The molecule has 14 heavy (non-hydrogen) atoms. The van der Waals surface area contributed by atoms with E-state index in [2.05, 4.69) is 0 Å². The number of amides is 1. The Labute approximate surface area is 82.1 Å². The number of hydrogen-bond donors (Lipinski definition) is 1. The monoisotopic (exact) mass is 195 g/mol. The number of rotatable bonds is 2. The van der Waals surface area contributed by atoms with E-state index in [0.717, 1.165) is 19.4 Å². The average molecular weight is 195 g/mol. The SMILES string of the molecule is O=C(c1ccoc1)N1CCC[C@H]1CO. The summed E-state index contributed by atoms with van der Waals surface area (Å²) in [5, 5.41) is 9.07. The van der Waals surface area contributed by atoms with E-state index in [4.69, 9.17) is 9.52 Å². The Kier molecular flexibility index (Phi) is 2.54. The van der Waals surface area contributed by atoms with Crippen LogP contribution in [0.1, 0.15) is 23.2 Å².